The van der Waals surface area contributed by atoms with Crippen LogP contribution in [0.25, 0.3) is 10.6 Å². The van der Waals surface area contributed by atoms with Gasteiger partial charge in [-0.3, -0.25) is 9.69 Å². The van der Waals surface area contributed by atoms with E-state index in [2.05, 4.69) is 22.3 Å². The molecule has 0 aliphatic carbocycles. The smallest absolute Gasteiger partial charge is 0.273 e. The van der Waals surface area contributed by atoms with Gasteiger partial charge >= 0.3 is 0 Å². The summed E-state index contributed by atoms with van der Waals surface area (Å²) in [6.07, 6.45) is 3.83. The standard InChI is InChI=1S/C16H21N3O2S/c1-12(19-7-3-2-4-8-19)11-17-16(20)13-10-14(21-18-13)15-6-5-9-22-15/h5-6,9-10,12H,2-4,7-8,11H2,1H3,(H,17,20)/t12-/m0/s1. The summed E-state index contributed by atoms with van der Waals surface area (Å²) in [4.78, 5) is 15.6. The van der Waals surface area contributed by atoms with Crippen LogP contribution in [0.15, 0.2) is 28.1 Å². The van der Waals surface area contributed by atoms with Gasteiger partial charge in [0.15, 0.2) is 11.5 Å². The summed E-state index contributed by atoms with van der Waals surface area (Å²) in [6.45, 7) is 5.05. The number of amides is 1. The van der Waals surface area contributed by atoms with Crippen LogP contribution in [0.1, 0.15) is 36.7 Å². The molecule has 1 saturated heterocycles. The number of hydrogen-bond donors (Lipinski definition) is 1. The molecule has 118 valence electrons. The summed E-state index contributed by atoms with van der Waals surface area (Å²) in [6, 6.07) is 5.95. The van der Waals surface area contributed by atoms with Crippen LogP contribution in [0.5, 0.6) is 0 Å². The lowest BCUT2D eigenvalue weighted by Gasteiger charge is -2.32. The second-order valence-electron chi connectivity index (χ2n) is 5.71. The molecule has 0 saturated carbocycles. The van der Waals surface area contributed by atoms with Crippen molar-refractivity contribution in [1.82, 2.24) is 15.4 Å². The number of thiophene rings is 1. The van der Waals surface area contributed by atoms with Crippen molar-refractivity contribution in [3.05, 3.63) is 29.3 Å². The molecule has 3 rings (SSSR count). The van der Waals surface area contributed by atoms with Crippen molar-refractivity contribution >= 4 is 17.2 Å². The van der Waals surface area contributed by atoms with Crippen LogP contribution in [0.2, 0.25) is 0 Å². The Morgan fingerprint density at radius 3 is 3.00 bits per heavy atom. The molecule has 0 unspecified atom stereocenters. The van der Waals surface area contributed by atoms with Gasteiger partial charge in [0.25, 0.3) is 5.91 Å². The van der Waals surface area contributed by atoms with Gasteiger partial charge in [0.1, 0.15) is 0 Å². The molecule has 1 aliphatic rings. The molecule has 1 atom stereocenters. The van der Waals surface area contributed by atoms with E-state index in [1.165, 1.54) is 19.3 Å². The van der Waals surface area contributed by atoms with E-state index in [0.29, 0.717) is 24.0 Å². The van der Waals surface area contributed by atoms with Crippen molar-refractivity contribution in [2.75, 3.05) is 19.6 Å². The lowest BCUT2D eigenvalue weighted by Crippen LogP contribution is -2.44. The zero-order valence-electron chi connectivity index (χ0n) is 12.7. The zero-order valence-corrected chi connectivity index (χ0v) is 13.6. The highest BCUT2D eigenvalue weighted by atomic mass is 32.1. The van der Waals surface area contributed by atoms with Crippen molar-refractivity contribution in [2.24, 2.45) is 0 Å². The summed E-state index contributed by atoms with van der Waals surface area (Å²) in [7, 11) is 0. The first-order valence-corrected chi connectivity index (χ1v) is 8.65. The Bertz CT molecular complexity index is 603. The Balaban J connectivity index is 1.53. The molecule has 3 heterocycles. The van der Waals surface area contributed by atoms with Gasteiger partial charge in [-0.05, 0) is 44.3 Å². The Labute approximate surface area is 134 Å². The molecular formula is C16H21N3O2S. The summed E-state index contributed by atoms with van der Waals surface area (Å²) in [5.41, 5.74) is 0.342. The minimum absolute atomic E-state index is 0.171. The van der Waals surface area contributed by atoms with E-state index in [0.717, 1.165) is 18.0 Å². The minimum Gasteiger partial charge on any atom is -0.355 e. The molecule has 1 aliphatic heterocycles. The molecule has 2 aromatic heterocycles. The van der Waals surface area contributed by atoms with Crippen molar-refractivity contribution in [1.29, 1.82) is 0 Å². The number of nitrogens with zero attached hydrogens (tertiary/aromatic N) is 2. The lowest BCUT2D eigenvalue weighted by atomic mass is 10.1. The highest BCUT2D eigenvalue weighted by Gasteiger charge is 2.19. The molecule has 5 nitrogen and oxygen atoms in total. The summed E-state index contributed by atoms with van der Waals surface area (Å²) in [5, 5.41) is 8.79. The van der Waals surface area contributed by atoms with Crippen molar-refractivity contribution in [3.63, 3.8) is 0 Å². The third-order valence-corrected chi connectivity index (χ3v) is 4.96. The summed E-state index contributed by atoms with van der Waals surface area (Å²) >= 11 is 1.57. The van der Waals surface area contributed by atoms with E-state index in [1.54, 1.807) is 17.4 Å². The van der Waals surface area contributed by atoms with E-state index in [1.807, 2.05) is 17.5 Å². The number of hydrogen-bond acceptors (Lipinski definition) is 5. The predicted molar refractivity (Wildman–Crippen MR) is 87.0 cm³/mol. The van der Waals surface area contributed by atoms with Crippen LogP contribution in [0.4, 0.5) is 0 Å². The fourth-order valence-corrected chi connectivity index (χ4v) is 3.41. The number of piperidine rings is 1. The molecule has 0 spiro atoms. The number of nitrogens with one attached hydrogen (secondary N) is 1. The maximum absolute atomic E-state index is 12.2. The third kappa shape index (κ3) is 3.56. The average Bonchev–Trinajstić information content (AvgIpc) is 3.23. The van der Waals surface area contributed by atoms with Gasteiger partial charge < -0.3 is 9.84 Å². The Morgan fingerprint density at radius 1 is 1.45 bits per heavy atom. The number of aromatic nitrogens is 1. The summed E-state index contributed by atoms with van der Waals surface area (Å²) in [5.74, 6) is 0.472. The molecule has 0 aromatic carbocycles. The van der Waals surface area contributed by atoms with Crippen LogP contribution in [-0.2, 0) is 0 Å². The highest BCUT2D eigenvalue weighted by molar-refractivity contribution is 7.13. The van der Waals surface area contributed by atoms with E-state index < -0.39 is 0 Å². The van der Waals surface area contributed by atoms with Crippen LogP contribution in [-0.4, -0.2) is 41.6 Å². The number of likely N-dealkylation sites (tertiary alicyclic amines) is 1. The monoisotopic (exact) mass is 319 g/mol. The molecule has 1 amide bonds. The largest absolute Gasteiger partial charge is 0.355 e. The minimum atomic E-state index is -0.171. The molecule has 2 aromatic rings. The predicted octanol–water partition coefficient (Wildman–Crippen LogP) is 3.01. The maximum Gasteiger partial charge on any atom is 0.273 e. The Hall–Kier alpha value is -1.66. The van der Waals surface area contributed by atoms with Crippen molar-refractivity contribution < 1.29 is 9.32 Å². The number of carbonyl (C=O) groups is 1. The van der Waals surface area contributed by atoms with Gasteiger partial charge in [0, 0.05) is 18.7 Å². The third-order valence-electron chi connectivity index (χ3n) is 4.08. The second-order valence-corrected chi connectivity index (χ2v) is 6.66. The van der Waals surface area contributed by atoms with Gasteiger partial charge in [0.05, 0.1) is 4.88 Å². The first-order valence-electron chi connectivity index (χ1n) is 7.77. The molecule has 0 bridgehead atoms. The fraction of sp³-hybridized carbons (Fsp3) is 0.500. The number of carbonyl (C=O) groups excluding carboxylic acids is 1. The fourth-order valence-electron chi connectivity index (χ4n) is 2.74. The quantitative estimate of drug-likeness (QED) is 0.920. The van der Waals surface area contributed by atoms with Crippen molar-refractivity contribution in [2.45, 2.75) is 32.2 Å². The first kappa shape index (κ1) is 15.2. The van der Waals surface area contributed by atoms with Gasteiger partial charge in [-0.2, -0.15) is 0 Å². The second kappa shape index (κ2) is 7.07. The topological polar surface area (TPSA) is 58.4 Å². The average molecular weight is 319 g/mol. The van der Waals surface area contributed by atoms with Gasteiger partial charge in [-0.25, -0.2) is 0 Å². The van der Waals surface area contributed by atoms with Crippen LogP contribution < -0.4 is 5.32 Å². The van der Waals surface area contributed by atoms with Crippen LogP contribution >= 0.6 is 11.3 Å². The Kier molecular flexibility index (Phi) is 4.90. The zero-order chi connectivity index (χ0) is 15.4. The SMILES string of the molecule is C[C@@H](CNC(=O)c1cc(-c2cccs2)on1)N1CCCCC1. The molecule has 1 fully saturated rings. The Morgan fingerprint density at radius 2 is 2.27 bits per heavy atom. The normalized spacial score (nSPS) is 17.3. The lowest BCUT2D eigenvalue weighted by molar-refractivity contribution is 0.0921. The van der Waals surface area contributed by atoms with Gasteiger partial charge in [-0.1, -0.05) is 17.6 Å². The van der Waals surface area contributed by atoms with Gasteiger partial charge in [0.2, 0.25) is 0 Å². The summed E-state index contributed by atoms with van der Waals surface area (Å²) < 4.78 is 5.24. The van der Waals surface area contributed by atoms with Crippen LogP contribution in [0.3, 0.4) is 0 Å². The molecule has 22 heavy (non-hydrogen) atoms. The maximum atomic E-state index is 12.2. The van der Waals surface area contributed by atoms with Gasteiger partial charge in [-0.15, -0.1) is 11.3 Å². The molecule has 0 radical (unpaired) electrons. The van der Waals surface area contributed by atoms with Crippen molar-refractivity contribution in [3.8, 4) is 10.6 Å². The molecule has 1 N–H and O–H groups in total. The highest BCUT2D eigenvalue weighted by Crippen LogP contribution is 2.25. The molecule has 6 heteroatoms. The van der Waals surface area contributed by atoms with E-state index in [-0.39, 0.29) is 5.91 Å². The van der Waals surface area contributed by atoms with E-state index in [4.69, 9.17) is 4.52 Å². The number of rotatable bonds is 5. The van der Waals surface area contributed by atoms with E-state index >= 15 is 0 Å². The van der Waals surface area contributed by atoms with Crippen LogP contribution in [0, 0.1) is 0 Å². The first-order chi connectivity index (χ1) is 10.7. The molecular weight excluding hydrogens is 298 g/mol. The van der Waals surface area contributed by atoms with E-state index in [9.17, 15) is 4.79 Å².